The fourth-order valence-corrected chi connectivity index (χ4v) is 3.64. The van der Waals surface area contributed by atoms with Crippen LogP contribution in [0.3, 0.4) is 0 Å². The Morgan fingerprint density at radius 3 is 2.68 bits per heavy atom. The molecule has 134 valence electrons. The van der Waals surface area contributed by atoms with E-state index in [2.05, 4.69) is 15.3 Å². The fraction of sp³-hybridized carbons (Fsp3) is 0.438. The summed E-state index contributed by atoms with van der Waals surface area (Å²) in [6.07, 6.45) is -2.84. The first kappa shape index (κ1) is 17.7. The SMILES string of the molecule is Cc1nc(C)c(C(=O)N[C@@H]2CCN(c3ccc(C(F)(F)F)cn3)C2)s1. The number of nitrogens with one attached hydrogen (secondary N) is 1. The average Bonchev–Trinajstić information content (AvgIpc) is 3.13. The normalized spacial score (nSPS) is 17.8. The molecule has 0 spiro atoms. The van der Waals surface area contributed by atoms with Crippen LogP contribution in [0.4, 0.5) is 19.0 Å². The Morgan fingerprint density at radius 1 is 1.36 bits per heavy atom. The number of anilines is 1. The zero-order valence-electron chi connectivity index (χ0n) is 13.7. The molecule has 0 aromatic carbocycles. The van der Waals surface area contributed by atoms with E-state index in [1.807, 2.05) is 11.8 Å². The molecule has 0 bridgehead atoms. The lowest BCUT2D eigenvalue weighted by Gasteiger charge is -2.18. The Kier molecular flexibility index (Phi) is 4.68. The Hall–Kier alpha value is -2.16. The third-order valence-corrected chi connectivity index (χ3v) is 5.10. The molecule has 1 N–H and O–H groups in total. The molecule has 0 saturated carbocycles. The van der Waals surface area contributed by atoms with Crippen LogP contribution in [-0.2, 0) is 6.18 Å². The molecule has 1 amide bonds. The molecular weight excluding hydrogens is 353 g/mol. The van der Waals surface area contributed by atoms with E-state index in [1.165, 1.54) is 17.4 Å². The highest BCUT2D eigenvalue weighted by Crippen LogP contribution is 2.30. The fourth-order valence-electron chi connectivity index (χ4n) is 2.82. The molecule has 3 rings (SSSR count). The summed E-state index contributed by atoms with van der Waals surface area (Å²) in [5, 5.41) is 3.80. The van der Waals surface area contributed by atoms with Gasteiger partial charge in [0, 0.05) is 25.3 Å². The second-order valence-electron chi connectivity index (χ2n) is 5.96. The van der Waals surface area contributed by atoms with Crippen molar-refractivity contribution < 1.29 is 18.0 Å². The largest absolute Gasteiger partial charge is 0.417 e. The van der Waals surface area contributed by atoms with Crippen molar-refractivity contribution in [2.45, 2.75) is 32.5 Å². The van der Waals surface area contributed by atoms with Crippen LogP contribution >= 0.6 is 11.3 Å². The van der Waals surface area contributed by atoms with Crippen molar-refractivity contribution in [2.24, 2.45) is 0 Å². The second-order valence-corrected chi connectivity index (χ2v) is 7.16. The predicted molar refractivity (Wildman–Crippen MR) is 88.9 cm³/mol. The van der Waals surface area contributed by atoms with Crippen LogP contribution in [-0.4, -0.2) is 35.0 Å². The number of halogens is 3. The summed E-state index contributed by atoms with van der Waals surface area (Å²) in [6.45, 7) is 4.79. The summed E-state index contributed by atoms with van der Waals surface area (Å²) in [4.78, 5) is 22.9. The van der Waals surface area contributed by atoms with Crippen molar-refractivity contribution in [2.75, 3.05) is 18.0 Å². The Balaban J connectivity index is 1.62. The molecule has 0 aliphatic carbocycles. The van der Waals surface area contributed by atoms with Gasteiger partial charge in [-0.25, -0.2) is 9.97 Å². The molecule has 1 saturated heterocycles. The summed E-state index contributed by atoms with van der Waals surface area (Å²) >= 11 is 1.35. The molecule has 5 nitrogen and oxygen atoms in total. The summed E-state index contributed by atoms with van der Waals surface area (Å²) in [6, 6.07) is 2.32. The van der Waals surface area contributed by atoms with Gasteiger partial charge in [-0.2, -0.15) is 13.2 Å². The topological polar surface area (TPSA) is 58.1 Å². The van der Waals surface area contributed by atoms with Crippen molar-refractivity contribution in [1.82, 2.24) is 15.3 Å². The molecule has 1 atom stereocenters. The van der Waals surface area contributed by atoms with Crippen LogP contribution in [0.2, 0.25) is 0 Å². The molecule has 1 aliphatic rings. The number of aryl methyl sites for hydroxylation is 2. The standard InChI is InChI=1S/C16H17F3N4OS/c1-9-14(25-10(2)21-9)15(24)22-12-5-6-23(8-12)13-4-3-11(7-20-13)16(17,18)19/h3-4,7,12H,5-6,8H2,1-2H3,(H,22,24)/t12-/m1/s1. The number of amides is 1. The van der Waals surface area contributed by atoms with E-state index in [9.17, 15) is 18.0 Å². The van der Waals surface area contributed by atoms with Gasteiger partial charge in [-0.1, -0.05) is 0 Å². The van der Waals surface area contributed by atoms with Crippen molar-refractivity contribution in [3.63, 3.8) is 0 Å². The number of hydrogen-bond donors (Lipinski definition) is 1. The van der Waals surface area contributed by atoms with Gasteiger partial charge in [0.2, 0.25) is 0 Å². The maximum atomic E-state index is 12.6. The average molecular weight is 370 g/mol. The molecule has 1 aliphatic heterocycles. The van der Waals surface area contributed by atoms with Gasteiger partial charge in [0.05, 0.1) is 16.3 Å². The van der Waals surface area contributed by atoms with E-state index in [1.54, 1.807) is 6.92 Å². The number of thiazole rings is 1. The van der Waals surface area contributed by atoms with Crippen LogP contribution < -0.4 is 10.2 Å². The third-order valence-electron chi connectivity index (χ3n) is 4.03. The number of nitrogens with zero attached hydrogens (tertiary/aromatic N) is 3. The smallest absolute Gasteiger partial charge is 0.354 e. The van der Waals surface area contributed by atoms with Crippen LogP contribution in [0.25, 0.3) is 0 Å². The van der Waals surface area contributed by atoms with E-state index in [4.69, 9.17) is 0 Å². The first-order chi connectivity index (χ1) is 11.7. The molecule has 25 heavy (non-hydrogen) atoms. The summed E-state index contributed by atoms with van der Waals surface area (Å²) in [7, 11) is 0. The summed E-state index contributed by atoms with van der Waals surface area (Å²) in [5.74, 6) is 0.324. The van der Waals surface area contributed by atoms with Crippen LogP contribution in [0.1, 0.15) is 32.4 Å². The number of rotatable bonds is 3. The van der Waals surface area contributed by atoms with Gasteiger partial charge < -0.3 is 10.2 Å². The van der Waals surface area contributed by atoms with Gasteiger partial charge in [-0.05, 0) is 32.4 Å². The maximum Gasteiger partial charge on any atom is 0.417 e. The number of alkyl halides is 3. The highest BCUT2D eigenvalue weighted by atomic mass is 32.1. The zero-order valence-corrected chi connectivity index (χ0v) is 14.5. The minimum Gasteiger partial charge on any atom is -0.354 e. The lowest BCUT2D eigenvalue weighted by Crippen LogP contribution is -2.37. The van der Waals surface area contributed by atoms with Gasteiger partial charge >= 0.3 is 6.18 Å². The number of carbonyl (C=O) groups excluding carboxylic acids is 1. The Labute approximate surface area is 146 Å². The van der Waals surface area contributed by atoms with Crippen molar-refractivity contribution in [1.29, 1.82) is 0 Å². The van der Waals surface area contributed by atoms with Crippen molar-refractivity contribution in [3.8, 4) is 0 Å². The third kappa shape index (κ3) is 3.92. The second kappa shape index (κ2) is 6.62. The van der Waals surface area contributed by atoms with Crippen LogP contribution in [0.15, 0.2) is 18.3 Å². The highest BCUT2D eigenvalue weighted by Gasteiger charge is 2.31. The lowest BCUT2D eigenvalue weighted by atomic mass is 10.2. The number of carbonyl (C=O) groups is 1. The van der Waals surface area contributed by atoms with E-state index in [-0.39, 0.29) is 11.9 Å². The van der Waals surface area contributed by atoms with Gasteiger partial charge in [0.25, 0.3) is 5.91 Å². The number of hydrogen-bond acceptors (Lipinski definition) is 5. The zero-order chi connectivity index (χ0) is 18.2. The summed E-state index contributed by atoms with van der Waals surface area (Å²) in [5.41, 5.74) is -0.0596. The Morgan fingerprint density at radius 2 is 2.12 bits per heavy atom. The molecule has 2 aromatic rings. The highest BCUT2D eigenvalue weighted by molar-refractivity contribution is 7.13. The molecule has 3 heterocycles. The molecule has 0 radical (unpaired) electrons. The first-order valence-corrected chi connectivity index (χ1v) is 8.59. The van der Waals surface area contributed by atoms with Crippen molar-refractivity contribution in [3.05, 3.63) is 39.5 Å². The maximum absolute atomic E-state index is 12.6. The van der Waals surface area contributed by atoms with E-state index in [0.29, 0.717) is 35.9 Å². The number of aromatic nitrogens is 2. The van der Waals surface area contributed by atoms with Gasteiger partial charge in [0.15, 0.2) is 0 Å². The molecule has 9 heteroatoms. The predicted octanol–water partition coefficient (Wildman–Crippen LogP) is 3.18. The van der Waals surface area contributed by atoms with E-state index in [0.717, 1.165) is 17.3 Å². The van der Waals surface area contributed by atoms with Crippen LogP contribution in [0.5, 0.6) is 0 Å². The summed E-state index contributed by atoms with van der Waals surface area (Å²) < 4.78 is 37.8. The quantitative estimate of drug-likeness (QED) is 0.902. The molecule has 1 fully saturated rings. The van der Waals surface area contributed by atoms with Crippen molar-refractivity contribution >= 4 is 23.1 Å². The van der Waals surface area contributed by atoms with Gasteiger partial charge in [0.1, 0.15) is 10.7 Å². The monoisotopic (exact) mass is 370 g/mol. The number of pyridine rings is 1. The molecular formula is C16H17F3N4OS. The van der Waals surface area contributed by atoms with Gasteiger partial charge in [-0.3, -0.25) is 4.79 Å². The first-order valence-electron chi connectivity index (χ1n) is 7.77. The minimum atomic E-state index is -4.39. The minimum absolute atomic E-state index is 0.0709. The Bertz CT molecular complexity index is 773. The van der Waals surface area contributed by atoms with Gasteiger partial charge in [-0.15, -0.1) is 11.3 Å². The lowest BCUT2D eigenvalue weighted by molar-refractivity contribution is -0.137. The molecule has 0 unspecified atom stereocenters. The van der Waals surface area contributed by atoms with E-state index >= 15 is 0 Å². The van der Waals surface area contributed by atoms with E-state index < -0.39 is 11.7 Å². The molecule has 2 aromatic heterocycles. The van der Waals surface area contributed by atoms with Crippen LogP contribution in [0, 0.1) is 13.8 Å².